The molecule has 0 spiro atoms. The summed E-state index contributed by atoms with van der Waals surface area (Å²) in [5.41, 5.74) is 1.00. The average molecular weight is 326 g/mol. The highest BCUT2D eigenvalue weighted by Gasteiger charge is 2.06. The normalized spacial score (nSPS) is 10.6. The SMILES string of the molecule is O=C(CCc1nc2ccccc2s1)NCCOc1ccccc1. The Labute approximate surface area is 139 Å². The highest BCUT2D eigenvalue weighted by Crippen LogP contribution is 2.22. The van der Waals surface area contributed by atoms with Crippen LogP contribution in [0.4, 0.5) is 0 Å². The molecule has 1 aromatic heterocycles. The Morgan fingerprint density at radius 3 is 2.70 bits per heavy atom. The second kappa shape index (κ2) is 7.74. The van der Waals surface area contributed by atoms with Crippen molar-refractivity contribution in [1.29, 1.82) is 0 Å². The summed E-state index contributed by atoms with van der Waals surface area (Å²) in [6, 6.07) is 17.6. The van der Waals surface area contributed by atoms with E-state index in [1.807, 2.05) is 48.5 Å². The zero-order valence-electron chi connectivity index (χ0n) is 12.7. The van der Waals surface area contributed by atoms with Crippen molar-refractivity contribution in [1.82, 2.24) is 10.3 Å². The van der Waals surface area contributed by atoms with Crippen LogP contribution in [0.15, 0.2) is 54.6 Å². The fourth-order valence-corrected chi connectivity index (χ4v) is 3.18. The minimum Gasteiger partial charge on any atom is -0.492 e. The van der Waals surface area contributed by atoms with E-state index in [0.29, 0.717) is 26.0 Å². The van der Waals surface area contributed by atoms with Crippen molar-refractivity contribution < 1.29 is 9.53 Å². The number of hydrogen-bond donors (Lipinski definition) is 1. The predicted octanol–water partition coefficient (Wildman–Crippen LogP) is 3.42. The minimum atomic E-state index is 0.0286. The van der Waals surface area contributed by atoms with Crippen LogP contribution < -0.4 is 10.1 Å². The number of carbonyl (C=O) groups is 1. The second-order valence-electron chi connectivity index (χ2n) is 5.09. The number of aromatic nitrogens is 1. The van der Waals surface area contributed by atoms with E-state index in [-0.39, 0.29) is 5.91 Å². The molecule has 3 aromatic rings. The summed E-state index contributed by atoms with van der Waals surface area (Å²) in [6.45, 7) is 0.977. The Morgan fingerprint density at radius 2 is 1.87 bits per heavy atom. The lowest BCUT2D eigenvalue weighted by Crippen LogP contribution is -2.28. The molecule has 0 radical (unpaired) electrons. The molecule has 0 aliphatic heterocycles. The van der Waals surface area contributed by atoms with Crippen molar-refractivity contribution in [2.24, 2.45) is 0 Å². The van der Waals surface area contributed by atoms with Crippen molar-refractivity contribution in [3.63, 3.8) is 0 Å². The molecule has 4 nitrogen and oxygen atoms in total. The number of nitrogens with zero attached hydrogens (tertiary/aromatic N) is 1. The molecule has 0 atom stereocenters. The first-order chi connectivity index (χ1) is 11.3. The molecule has 118 valence electrons. The summed E-state index contributed by atoms with van der Waals surface area (Å²) < 4.78 is 6.70. The Balaban J connectivity index is 1.38. The van der Waals surface area contributed by atoms with E-state index in [1.165, 1.54) is 4.70 Å². The highest BCUT2D eigenvalue weighted by molar-refractivity contribution is 7.18. The Kier molecular flexibility index (Phi) is 5.21. The highest BCUT2D eigenvalue weighted by atomic mass is 32.1. The van der Waals surface area contributed by atoms with Crippen LogP contribution in [0, 0.1) is 0 Å². The lowest BCUT2D eigenvalue weighted by Gasteiger charge is -2.07. The number of benzene rings is 2. The van der Waals surface area contributed by atoms with Crippen LogP contribution in [-0.4, -0.2) is 24.0 Å². The molecule has 23 heavy (non-hydrogen) atoms. The van der Waals surface area contributed by atoms with Gasteiger partial charge in [0.2, 0.25) is 5.91 Å². The van der Waals surface area contributed by atoms with Gasteiger partial charge in [0.15, 0.2) is 0 Å². The van der Waals surface area contributed by atoms with E-state index in [0.717, 1.165) is 16.3 Å². The summed E-state index contributed by atoms with van der Waals surface area (Å²) >= 11 is 1.65. The molecule has 0 aliphatic rings. The molecule has 0 unspecified atom stereocenters. The number of fused-ring (bicyclic) bond motifs is 1. The van der Waals surface area contributed by atoms with Gasteiger partial charge in [0.25, 0.3) is 0 Å². The van der Waals surface area contributed by atoms with Crippen molar-refractivity contribution in [2.75, 3.05) is 13.2 Å². The van der Waals surface area contributed by atoms with Crippen molar-refractivity contribution in [2.45, 2.75) is 12.8 Å². The third-order valence-electron chi connectivity index (χ3n) is 3.34. The number of thiazole rings is 1. The number of nitrogens with one attached hydrogen (secondary N) is 1. The van der Waals surface area contributed by atoms with Gasteiger partial charge in [0.1, 0.15) is 12.4 Å². The quantitative estimate of drug-likeness (QED) is 0.677. The minimum absolute atomic E-state index is 0.0286. The maximum Gasteiger partial charge on any atom is 0.220 e. The molecule has 1 amide bonds. The third kappa shape index (κ3) is 4.53. The zero-order valence-corrected chi connectivity index (χ0v) is 13.5. The lowest BCUT2D eigenvalue weighted by molar-refractivity contribution is -0.121. The smallest absolute Gasteiger partial charge is 0.220 e. The molecule has 0 aliphatic carbocycles. The lowest BCUT2D eigenvalue weighted by atomic mass is 10.3. The molecule has 0 bridgehead atoms. The standard InChI is InChI=1S/C18H18N2O2S/c21-17(19-12-13-22-14-6-2-1-3-7-14)10-11-18-20-15-8-4-5-9-16(15)23-18/h1-9H,10-13H2,(H,19,21). The average Bonchev–Trinajstić information content (AvgIpc) is 3.01. The van der Waals surface area contributed by atoms with E-state index in [1.54, 1.807) is 11.3 Å². The molecule has 1 heterocycles. The van der Waals surface area contributed by atoms with Gasteiger partial charge in [-0.15, -0.1) is 11.3 Å². The molecule has 0 saturated carbocycles. The zero-order chi connectivity index (χ0) is 15.9. The molecule has 1 N–H and O–H groups in total. The van der Waals surface area contributed by atoms with Crippen molar-refractivity contribution >= 4 is 27.5 Å². The summed E-state index contributed by atoms with van der Waals surface area (Å²) in [5, 5.41) is 3.87. The van der Waals surface area contributed by atoms with Gasteiger partial charge >= 0.3 is 0 Å². The molecule has 2 aromatic carbocycles. The fraction of sp³-hybridized carbons (Fsp3) is 0.222. The van der Waals surface area contributed by atoms with Gasteiger partial charge in [0.05, 0.1) is 21.8 Å². The Bertz CT molecular complexity index is 738. The van der Waals surface area contributed by atoms with Crippen LogP contribution in [0.2, 0.25) is 0 Å². The maximum absolute atomic E-state index is 11.9. The van der Waals surface area contributed by atoms with Gasteiger partial charge < -0.3 is 10.1 Å². The third-order valence-corrected chi connectivity index (χ3v) is 4.44. The number of ether oxygens (including phenoxy) is 1. The monoisotopic (exact) mass is 326 g/mol. The Hall–Kier alpha value is -2.40. The molecular weight excluding hydrogens is 308 g/mol. The van der Waals surface area contributed by atoms with Crippen LogP contribution in [0.1, 0.15) is 11.4 Å². The van der Waals surface area contributed by atoms with Gasteiger partial charge in [-0.25, -0.2) is 4.98 Å². The van der Waals surface area contributed by atoms with Gasteiger partial charge in [-0.3, -0.25) is 4.79 Å². The first kappa shape index (κ1) is 15.5. The number of para-hydroxylation sites is 2. The summed E-state index contributed by atoms with van der Waals surface area (Å²) in [4.78, 5) is 16.4. The summed E-state index contributed by atoms with van der Waals surface area (Å²) in [5.74, 6) is 0.845. The fourth-order valence-electron chi connectivity index (χ4n) is 2.21. The van der Waals surface area contributed by atoms with Gasteiger partial charge in [-0.2, -0.15) is 0 Å². The van der Waals surface area contributed by atoms with Crippen LogP contribution in [0.5, 0.6) is 5.75 Å². The van der Waals surface area contributed by atoms with Crippen LogP contribution in [0.25, 0.3) is 10.2 Å². The first-order valence-corrected chi connectivity index (χ1v) is 8.42. The Morgan fingerprint density at radius 1 is 1.09 bits per heavy atom. The van der Waals surface area contributed by atoms with Gasteiger partial charge in [-0.1, -0.05) is 30.3 Å². The number of amides is 1. The summed E-state index contributed by atoms with van der Waals surface area (Å²) in [7, 11) is 0. The van der Waals surface area contributed by atoms with Crippen molar-refractivity contribution in [3.8, 4) is 5.75 Å². The van der Waals surface area contributed by atoms with Crippen molar-refractivity contribution in [3.05, 3.63) is 59.6 Å². The number of carbonyl (C=O) groups excluding carboxylic acids is 1. The molecule has 0 saturated heterocycles. The van der Waals surface area contributed by atoms with Crippen LogP contribution >= 0.6 is 11.3 Å². The second-order valence-corrected chi connectivity index (χ2v) is 6.20. The van der Waals surface area contributed by atoms with E-state index in [2.05, 4.69) is 16.4 Å². The molecule has 3 rings (SSSR count). The molecular formula is C18H18N2O2S. The first-order valence-electron chi connectivity index (χ1n) is 7.60. The molecule has 5 heteroatoms. The number of hydrogen-bond acceptors (Lipinski definition) is 4. The van der Waals surface area contributed by atoms with E-state index < -0.39 is 0 Å². The maximum atomic E-state index is 11.9. The topological polar surface area (TPSA) is 51.2 Å². The number of aryl methyl sites for hydroxylation is 1. The van der Waals surface area contributed by atoms with E-state index in [9.17, 15) is 4.79 Å². The van der Waals surface area contributed by atoms with E-state index >= 15 is 0 Å². The van der Waals surface area contributed by atoms with E-state index in [4.69, 9.17) is 4.74 Å². The van der Waals surface area contributed by atoms with Crippen LogP contribution in [-0.2, 0) is 11.2 Å². The number of rotatable bonds is 7. The summed E-state index contributed by atoms with van der Waals surface area (Å²) in [6.07, 6.45) is 1.12. The predicted molar refractivity (Wildman–Crippen MR) is 92.9 cm³/mol. The molecule has 0 fully saturated rings. The van der Waals surface area contributed by atoms with Crippen LogP contribution in [0.3, 0.4) is 0 Å². The van der Waals surface area contributed by atoms with Gasteiger partial charge in [0, 0.05) is 12.8 Å². The van der Waals surface area contributed by atoms with Gasteiger partial charge in [-0.05, 0) is 24.3 Å². The largest absolute Gasteiger partial charge is 0.492 e.